The van der Waals surface area contributed by atoms with Crippen molar-refractivity contribution in [1.29, 1.82) is 0 Å². The van der Waals surface area contributed by atoms with E-state index in [1.54, 1.807) is 23.2 Å². The fourth-order valence-corrected chi connectivity index (χ4v) is 4.11. The minimum Gasteiger partial charge on any atom is -0.340 e. The van der Waals surface area contributed by atoms with Crippen LogP contribution in [-0.4, -0.2) is 30.8 Å². The number of primary sulfonamides is 1. The third-order valence-electron chi connectivity index (χ3n) is 5.18. The van der Waals surface area contributed by atoms with Crippen LogP contribution in [0.15, 0.2) is 53.6 Å². The van der Waals surface area contributed by atoms with Crippen molar-refractivity contribution in [2.45, 2.75) is 24.7 Å². The van der Waals surface area contributed by atoms with Crippen LogP contribution >= 0.6 is 0 Å². The van der Waals surface area contributed by atoms with Gasteiger partial charge in [-0.15, -0.1) is 6.42 Å². The molecule has 0 spiro atoms. The second-order valence-corrected chi connectivity index (χ2v) is 9.14. The van der Waals surface area contributed by atoms with Crippen LogP contribution in [0.4, 0.5) is 28.8 Å². The van der Waals surface area contributed by atoms with Gasteiger partial charge in [0.2, 0.25) is 21.9 Å². The summed E-state index contributed by atoms with van der Waals surface area (Å²) < 4.78 is 23.2. The van der Waals surface area contributed by atoms with Crippen molar-refractivity contribution in [3.63, 3.8) is 0 Å². The minimum atomic E-state index is -3.82. The molecule has 0 fully saturated rings. The van der Waals surface area contributed by atoms with E-state index in [9.17, 15) is 13.2 Å². The van der Waals surface area contributed by atoms with Crippen molar-refractivity contribution < 1.29 is 13.2 Å². The number of terminal acetylenes is 1. The van der Waals surface area contributed by atoms with Gasteiger partial charge in [-0.1, -0.05) is 12.0 Å². The molecule has 1 amide bonds. The number of nitrogens with zero attached hydrogens (tertiary/aromatic N) is 3. The van der Waals surface area contributed by atoms with E-state index in [0.29, 0.717) is 30.3 Å². The average Bonchev–Trinajstić information content (AvgIpc) is 2.78. The van der Waals surface area contributed by atoms with Crippen molar-refractivity contribution in [3.8, 4) is 12.3 Å². The first-order valence-electron chi connectivity index (χ1n) is 10.1. The molecule has 0 radical (unpaired) electrons. The highest BCUT2D eigenvalue weighted by molar-refractivity contribution is 7.89. The molecular formula is C23H22N6O3S. The number of hydrogen-bond acceptors (Lipinski definition) is 7. The molecule has 1 aromatic heterocycles. The summed E-state index contributed by atoms with van der Waals surface area (Å²) >= 11 is 0. The highest BCUT2D eigenvalue weighted by atomic mass is 32.2. The second-order valence-electron chi connectivity index (χ2n) is 7.58. The zero-order valence-corrected chi connectivity index (χ0v) is 18.7. The van der Waals surface area contributed by atoms with Crippen LogP contribution in [0.5, 0.6) is 0 Å². The fraction of sp³-hybridized carbons (Fsp3) is 0.174. The number of amides is 1. The Morgan fingerprint density at radius 1 is 1.15 bits per heavy atom. The van der Waals surface area contributed by atoms with E-state index in [1.165, 1.54) is 12.1 Å². The van der Waals surface area contributed by atoms with Gasteiger partial charge in [0, 0.05) is 35.2 Å². The number of rotatable bonds is 6. The Morgan fingerprint density at radius 2 is 1.94 bits per heavy atom. The Labute approximate surface area is 192 Å². The summed E-state index contributed by atoms with van der Waals surface area (Å²) in [7, 11) is -3.82. The summed E-state index contributed by atoms with van der Waals surface area (Å²) in [6.45, 7) is 2.12. The maximum absolute atomic E-state index is 12.2. The van der Waals surface area contributed by atoms with Gasteiger partial charge >= 0.3 is 0 Å². The Hall–Kier alpha value is -3.94. The molecule has 0 aliphatic carbocycles. The van der Waals surface area contributed by atoms with E-state index in [1.807, 2.05) is 25.1 Å². The van der Waals surface area contributed by atoms with E-state index in [0.717, 1.165) is 22.5 Å². The zero-order chi connectivity index (χ0) is 23.6. The average molecular weight is 463 g/mol. The number of fused-ring (bicyclic) bond motifs is 1. The van der Waals surface area contributed by atoms with Gasteiger partial charge in [0.1, 0.15) is 5.82 Å². The number of aryl methyl sites for hydroxylation is 2. The smallest absolute Gasteiger partial charge is 0.238 e. The maximum Gasteiger partial charge on any atom is 0.238 e. The molecule has 0 saturated heterocycles. The second kappa shape index (κ2) is 8.90. The molecule has 0 bridgehead atoms. The van der Waals surface area contributed by atoms with Gasteiger partial charge in [0.05, 0.1) is 11.4 Å². The van der Waals surface area contributed by atoms with Crippen molar-refractivity contribution in [2.24, 2.45) is 5.14 Å². The van der Waals surface area contributed by atoms with Gasteiger partial charge in [-0.3, -0.25) is 4.79 Å². The molecule has 3 aromatic rings. The third kappa shape index (κ3) is 4.95. The van der Waals surface area contributed by atoms with E-state index in [-0.39, 0.29) is 17.3 Å². The third-order valence-corrected chi connectivity index (χ3v) is 6.09. The number of hydrogen-bond donors (Lipinski definition) is 3. The number of sulfonamides is 1. The van der Waals surface area contributed by atoms with Gasteiger partial charge in [-0.05, 0) is 55.3 Å². The summed E-state index contributed by atoms with van der Waals surface area (Å²) in [6, 6.07) is 11.8. The van der Waals surface area contributed by atoms with Crippen LogP contribution in [-0.2, 0) is 21.2 Å². The molecular weight excluding hydrogens is 440 g/mol. The summed E-state index contributed by atoms with van der Waals surface area (Å²) in [5.74, 6) is 3.43. The van der Waals surface area contributed by atoms with E-state index in [4.69, 9.17) is 11.6 Å². The van der Waals surface area contributed by atoms with Crippen molar-refractivity contribution >= 4 is 44.8 Å². The summed E-state index contributed by atoms with van der Waals surface area (Å²) in [5, 5.41) is 11.5. The molecule has 4 N–H and O–H groups in total. The van der Waals surface area contributed by atoms with Crippen LogP contribution in [0.2, 0.25) is 0 Å². The predicted octanol–water partition coefficient (Wildman–Crippen LogP) is 2.83. The van der Waals surface area contributed by atoms with Crippen LogP contribution in [0.1, 0.15) is 17.5 Å². The monoisotopic (exact) mass is 462 g/mol. The lowest BCUT2D eigenvalue weighted by atomic mass is 10.0. The standard InChI is InChI=1S/C23H22N6O3S/c1-3-11-29-20-9-8-18(12-16(20)7-10-21(29)30)26-22-15(2)14-25-23(28-22)27-17-5-4-6-19(13-17)33(24,31)32/h1,4-6,8-9,12-14H,7,10-11H2,2H3,(H2,24,31,32)(H2,25,26,27,28). The molecule has 4 rings (SSSR count). The lowest BCUT2D eigenvalue weighted by molar-refractivity contribution is -0.118. The Morgan fingerprint density at radius 3 is 2.70 bits per heavy atom. The van der Waals surface area contributed by atoms with Gasteiger partial charge in [-0.25, -0.2) is 18.5 Å². The summed E-state index contributed by atoms with van der Waals surface area (Å²) in [5.41, 5.74) is 3.97. The number of benzene rings is 2. The molecule has 0 saturated carbocycles. The molecule has 168 valence electrons. The number of nitrogens with two attached hydrogens (primary N) is 1. The van der Waals surface area contributed by atoms with Crippen LogP contribution in [0.25, 0.3) is 0 Å². The van der Waals surface area contributed by atoms with Crippen molar-refractivity contribution in [2.75, 3.05) is 22.1 Å². The number of nitrogens with one attached hydrogen (secondary N) is 2. The Balaban J connectivity index is 1.57. The molecule has 0 unspecified atom stereocenters. The van der Waals surface area contributed by atoms with Crippen LogP contribution < -0.4 is 20.7 Å². The molecule has 1 aliphatic rings. The normalized spacial score (nSPS) is 13.2. The molecule has 33 heavy (non-hydrogen) atoms. The molecule has 0 atom stereocenters. The SMILES string of the molecule is C#CCN1C(=O)CCc2cc(Nc3nc(Nc4cccc(S(N)(=O)=O)c4)ncc3C)ccc21. The lowest BCUT2D eigenvalue weighted by Gasteiger charge is -2.28. The van der Waals surface area contributed by atoms with Gasteiger partial charge < -0.3 is 15.5 Å². The van der Waals surface area contributed by atoms with Crippen molar-refractivity contribution in [1.82, 2.24) is 9.97 Å². The topological polar surface area (TPSA) is 130 Å². The van der Waals surface area contributed by atoms with E-state index in [2.05, 4.69) is 26.5 Å². The maximum atomic E-state index is 12.2. The Bertz CT molecular complexity index is 1380. The fourth-order valence-electron chi connectivity index (χ4n) is 3.55. The number of carbonyl (C=O) groups is 1. The Kier molecular flexibility index (Phi) is 6.00. The van der Waals surface area contributed by atoms with Gasteiger partial charge in [-0.2, -0.15) is 4.98 Å². The lowest BCUT2D eigenvalue weighted by Crippen LogP contribution is -2.35. The van der Waals surface area contributed by atoms with E-state index < -0.39 is 10.0 Å². The molecule has 10 heteroatoms. The highest BCUT2D eigenvalue weighted by Crippen LogP contribution is 2.31. The van der Waals surface area contributed by atoms with E-state index >= 15 is 0 Å². The minimum absolute atomic E-state index is 0.00983. The van der Waals surface area contributed by atoms with Gasteiger partial charge in [0.15, 0.2) is 0 Å². The van der Waals surface area contributed by atoms with Crippen molar-refractivity contribution in [3.05, 3.63) is 59.8 Å². The first kappa shape index (κ1) is 22.3. The number of aromatic nitrogens is 2. The number of carbonyl (C=O) groups excluding carboxylic acids is 1. The molecule has 9 nitrogen and oxygen atoms in total. The van der Waals surface area contributed by atoms with Crippen LogP contribution in [0, 0.1) is 19.3 Å². The zero-order valence-electron chi connectivity index (χ0n) is 17.9. The predicted molar refractivity (Wildman–Crippen MR) is 127 cm³/mol. The summed E-state index contributed by atoms with van der Waals surface area (Å²) in [4.78, 5) is 22.6. The molecule has 2 aromatic carbocycles. The largest absolute Gasteiger partial charge is 0.340 e. The van der Waals surface area contributed by atoms with Gasteiger partial charge in [0.25, 0.3) is 0 Å². The quantitative estimate of drug-likeness (QED) is 0.480. The first-order chi connectivity index (χ1) is 15.7. The highest BCUT2D eigenvalue weighted by Gasteiger charge is 2.23. The summed E-state index contributed by atoms with van der Waals surface area (Å²) in [6.07, 6.45) is 8.13. The first-order valence-corrected chi connectivity index (χ1v) is 11.7. The number of anilines is 5. The van der Waals surface area contributed by atoms with Crippen LogP contribution in [0.3, 0.4) is 0 Å². The molecule has 1 aliphatic heterocycles. The molecule has 2 heterocycles.